The van der Waals surface area contributed by atoms with E-state index in [0.29, 0.717) is 41.3 Å². The number of nitrogens with zero attached hydrogens (tertiary/aromatic N) is 5. The first-order chi connectivity index (χ1) is 17.6. The van der Waals surface area contributed by atoms with Gasteiger partial charge in [-0.2, -0.15) is 5.10 Å². The zero-order chi connectivity index (χ0) is 24.6. The second-order valence-corrected chi connectivity index (χ2v) is 9.28. The summed E-state index contributed by atoms with van der Waals surface area (Å²) < 4.78 is 17.2. The van der Waals surface area contributed by atoms with E-state index in [2.05, 4.69) is 44.7 Å². The number of nitrogens with one attached hydrogen (secondary N) is 1. The maximum atomic E-state index is 15.2. The number of benzene rings is 3. The molecule has 3 aromatic carbocycles. The molecule has 0 unspecified atom stereocenters. The van der Waals surface area contributed by atoms with Gasteiger partial charge in [-0.15, -0.1) is 10.2 Å². The van der Waals surface area contributed by atoms with E-state index in [0.717, 1.165) is 11.1 Å². The SMILES string of the molecule is Cc1ccc(Cn2c(-c3n[nH]c(=O)c4ccccc34)nnc2N2C[C@@H](F)[C@@H](c3ccccc3)C2)cc1. The highest BCUT2D eigenvalue weighted by Gasteiger charge is 2.36. The summed E-state index contributed by atoms with van der Waals surface area (Å²) in [7, 11) is 0. The number of rotatable bonds is 5. The summed E-state index contributed by atoms with van der Waals surface area (Å²) in [6, 6.07) is 25.3. The molecule has 0 bridgehead atoms. The van der Waals surface area contributed by atoms with Crippen LogP contribution in [0.15, 0.2) is 83.7 Å². The van der Waals surface area contributed by atoms with E-state index in [9.17, 15) is 4.79 Å². The van der Waals surface area contributed by atoms with Crippen molar-refractivity contribution in [3.8, 4) is 11.5 Å². The largest absolute Gasteiger partial charge is 0.337 e. The summed E-state index contributed by atoms with van der Waals surface area (Å²) in [5, 5.41) is 17.2. The summed E-state index contributed by atoms with van der Waals surface area (Å²) in [6.07, 6.45) is -1.02. The van der Waals surface area contributed by atoms with Crippen LogP contribution in [0.25, 0.3) is 22.3 Å². The van der Waals surface area contributed by atoms with Crippen molar-refractivity contribution in [3.05, 3.63) is 106 Å². The molecule has 2 aromatic heterocycles. The lowest BCUT2D eigenvalue weighted by atomic mass is 9.97. The molecule has 0 aliphatic carbocycles. The summed E-state index contributed by atoms with van der Waals surface area (Å²) >= 11 is 0. The van der Waals surface area contributed by atoms with Crippen LogP contribution in [-0.2, 0) is 6.54 Å². The van der Waals surface area contributed by atoms with Crippen LogP contribution in [0.4, 0.5) is 10.3 Å². The minimum absolute atomic E-state index is 0.228. The van der Waals surface area contributed by atoms with Gasteiger partial charge in [0, 0.05) is 17.8 Å². The van der Waals surface area contributed by atoms with E-state index in [1.54, 1.807) is 6.07 Å². The Morgan fingerprint density at radius 3 is 2.42 bits per heavy atom. The molecular formula is C28H25FN6O. The van der Waals surface area contributed by atoms with Crippen LogP contribution in [0.2, 0.25) is 0 Å². The third-order valence-corrected chi connectivity index (χ3v) is 6.86. The third kappa shape index (κ3) is 3.94. The van der Waals surface area contributed by atoms with Gasteiger partial charge in [0.15, 0.2) is 5.82 Å². The molecule has 7 nitrogen and oxygen atoms in total. The summed E-state index contributed by atoms with van der Waals surface area (Å²) in [4.78, 5) is 14.3. The number of H-pyrrole nitrogens is 1. The second-order valence-electron chi connectivity index (χ2n) is 9.28. The smallest absolute Gasteiger partial charge is 0.272 e. The number of aromatic amines is 1. The molecule has 5 aromatic rings. The van der Waals surface area contributed by atoms with Crippen molar-refractivity contribution < 1.29 is 4.39 Å². The predicted molar refractivity (Wildman–Crippen MR) is 138 cm³/mol. The van der Waals surface area contributed by atoms with Gasteiger partial charge < -0.3 is 4.90 Å². The van der Waals surface area contributed by atoms with Crippen molar-refractivity contribution in [2.45, 2.75) is 25.6 Å². The highest BCUT2D eigenvalue weighted by molar-refractivity contribution is 5.92. The van der Waals surface area contributed by atoms with Gasteiger partial charge in [0.05, 0.1) is 18.5 Å². The summed E-state index contributed by atoms with van der Waals surface area (Å²) in [5.74, 6) is 0.867. The van der Waals surface area contributed by atoms with E-state index in [-0.39, 0.29) is 18.0 Å². The number of alkyl halides is 1. The molecule has 0 amide bonds. The van der Waals surface area contributed by atoms with Gasteiger partial charge in [0.25, 0.3) is 5.56 Å². The van der Waals surface area contributed by atoms with Crippen LogP contribution in [0.5, 0.6) is 0 Å². The lowest BCUT2D eigenvalue weighted by molar-refractivity contribution is 0.333. The second kappa shape index (κ2) is 9.03. The lowest BCUT2D eigenvalue weighted by Gasteiger charge is -2.19. The molecule has 180 valence electrons. The molecule has 1 N–H and O–H groups in total. The number of anilines is 1. The molecule has 1 saturated heterocycles. The normalized spacial score (nSPS) is 17.7. The molecule has 0 spiro atoms. The fourth-order valence-corrected chi connectivity index (χ4v) is 4.95. The standard InChI is InChI=1S/C28H25FN6O/c1-18-11-13-19(14-12-18)15-35-26(25-21-9-5-6-10-22(21)27(36)32-30-25)31-33-28(35)34-16-23(24(29)17-34)20-7-3-2-4-8-20/h2-14,23-24H,15-17H2,1H3,(H,32,36)/t23-,24-/m1/s1. The Hall–Kier alpha value is -4.33. The van der Waals surface area contributed by atoms with Crippen molar-refractivity contribution in [2.75, 3.05) is 18.0 Å². The molecule has 1 fully saturated rings. The van der Waals surface area contributed by atoms with E-state index in [1.165, 1.54) is 5.56 Å². The number of halogens is 1. The van der Waals surface area contributed by atoms with Crippen molar-refractivity contribution in [2.24, 2.45) is 0 Å². The Bertz CT molecular complexity index is 1580. The van der Waals surface area contributed by atoms with Gasteiger partial charge in [0.2, 0.25) is 5.95 Å². The van der Waals surface area contributed by atoms with Crippen LogP contribution < -0.4 is 10.5 Å². The number of hydrogen-bond acceptors (Lipinski definition) is 5. The molecule has 3 heterocycles. The summed E-state index contributed by atoms with van der Waals surface area (Å²) in [5.41, 5.74) is 3.48. The zero-order valence-corrected chi connectivity index (χ0v) is 19.8. The fraction of sp³-hybridized carbons (Fsp3) is 0.214. The Morgan fingerprint density at radius 1 is 0.917 bits per heavy atom. The molecule has 0 radical (unpaired) electrons. The van der Waals surface area contributed by atoms with E-state index in [4.69, 9.17) is 0 Å². The van der Waals surface area contributed by atoms with Crippen LogP contribution in [0.3, 0.4) is 0 Å². The lowest BCUT2D eigenvalue weighted by Crippen LogP contribution is -2.24. The minimum atomic E-state index is -1.02. The third-order valence-electron chi connectivity index (χ3n) is 6.86. The van der Waals surface area contributed by atoms with Crippen LogP contribution in [0, 0.1) is 6.92 Å². The van der Waals surface area contributed by atoms with Crippen molar-refractivity contribution in [1.82, 2.24) is 25.0 Å². The van der Waals surface area contributed by atoms with Gasteiger partial charge in [-0.3, -0.25) is 9.36 Å². The van der Waals surface area contributed by atoms with Gasteiger partial charge in [-0.1, -0.05) is 78.4 Å². The first kappa shape index (κ1) is 22.2. The monoisotopic (exact) mass is 480 g/mol. The maximum Gasteiger partial charge on any atom is 0.272 e. The average Bonchev–Trinajstić information content (AvgIpc) is 3.49. The van der Waals surface area contributed by atoms with Gasteiger partial charge in [-0.25, -0.2) is 9.49 Å². The van der Waals surface area contributed by atoms with Crippen LogP contribution >= 0.6 is 0 Å². The van der Waals surface area contributed by atoms with Crippen molar-refractivity contribution in [3.63, 3.8) is 0 Å². The van der Waals surface area contributed by atoms with Crippen molar-refractivity contribution >= 4 is 16.7 Å². The molecular weight excluding hydrogens is 455 g/mol. The number of aromatic nitrogens is 5. The first-order valence-electron chi connectivity index (χ1n) is 12.0. The Labute approximate surface area is 207 Å². The Morgan fingerprint density at radius 2 is 1.64 bits per heavy atom. The van der Waals surface area contributed by atoms with Gasteiger partial charge >= 0.3 is 0 Å². The average molecular weight is 481 g/mol. The predicted octanol–water partition coefficient (Wildman–Crippen LogP) is 4.48. The minimum Gasteiger partial charge on any atom is -0.337 e. The molecule has 1 aliphatic rings. The molecule has 1 aliphatic heterocycles. The number of aryl methyl sites for hydroxylation is 1. The fourth-order valence-electron chi connectivity index (χ4n) is 4.95. The van der Waals surface area contributed by atoms with E-state index < -0.39 is 6.17 Å². The molecule has 8 heteroatoms. The Kier molecular flexibility index (Phi) is 5.56. The highest BCUT2D eigenvalue weighted by atomic mass is 19.1. The van der Waals surface area contributed by atoms with E-state index in [1.807, 2.05) is 64.9 Å². The maximum absolute atomic E-state index is 15.2. The quantitative estimate of drug-likeness (QED) is 0.401. The first-order valence-corrected chi connectivity index (χ1v) is 12.0. The van der Waals surface area contributed by atoms with Crippen molar-refractivity contribution in [1.29, 1.82) is 0 Å². The zero-order valence-electron chi connectivity index (χ0n) is 19.8. The summed E-state index contributed by atoms with van der Waals surface area (Å²) in [6.45, 7) is 3.25. The van der Waals surface area contributed by atoms with Gasteiger partial charge in [0.1, 0.15) is 11.9 Å². The topological polar surface area (TPSA) is 79.7 Å². The van der Waals surface area contributed by atoms with Gasteiger partial charge in [-0.05, 0) is 24.1 Å². The Balaban J connectivity index is 1.46. The number of hydrogen-bond donors (Lipinski definition) is 1. The van der Waals surface area contributed by atoms with Crippen LogP contribution in [0.1, 0.15) is 22.6 Å². The molecule has 0 saturated carbocycles. The number of fused-ring (bicyclic) bond motifs is 1. The molecule has 2 atom stereocenters. The molecule has 6 rings (SSSR count). The van der Waals surface area contributed by atoms with Crippen LogP contribution in [-0.4, -0.2) is 44.2 Å². The highest BCUT2D eigenvalue weighted by Crippen LogP contribution is 2.34. The molecule has 36 heavy (non-hydrogen) atoms. The van der Waals surface area contributed by atoms with E-state index >= 15 is 4.39 Å².